The smallest absolute Gasteiger partial charge is 0.170 e. The fourth-order valence-electron chi connectivity index (χ4n) is 2.85. The first-order valence-corrected chi connectivity index (χ1v) is 9.66. The van der Waals surface area contributed by atoms with Crippen LogP contribution < -0.4 is 20.7 Å². The van der Waals surface area contributed by atoms with Gasteiger partial charge in [-0.2, -0.15) is 5.26 Å². The zero-order chi connectivity index (χ0) is 20.8. The van der Waals surface area contributed by atoms with Crippen molar-refractivity contribution in [3.8, 4) is 11.8 Å². The van der Waals surface area contributed by atoms with E-state index in [1.807, 2.05) is 30.3 Å². The van der Waals surface area contributed by atoms with Crippen molar-refractivity contribution < 1.29 is 4.74 Å². The number of hydrogen-bond donors (Lipinski definition) is 3. The summed E-state index contributed by atoms with van der Waals surface area (Å²) in [5, 5.41) is 20.4. The Morgan fingerprint density at radius 2 is 1.93 bits per heavy atom. The molecule has 3 N–H and O–H groups in total. The summed E-state index contributed by atoms with van der Waals surface area (Å²) in [6.45, 7) is 5.30. The maximum Gasteiger partial charge on any atom is 0.170 e. The Balaban J connectivity index is 1.57. The van der Waals surface area contributed by atoms with E-state index >= 15 is 0 Å². The number of nitrogens with one attached hydrogen (secondary N) is 3. The molecule has 0 aliphatic carbocycles. The summed E-state index contributed by atoms with van der Waals surface area (Å²) in [4.78, 5) is 4.56. The molecule has 0 aliphatic heterocycles. The van der Waals surface area contributed by atoms with Crippen molar-refractivity contribution in [2.75, 3.05) is 30.8 Å². The first-order valence-electron chi connectivity index (χ1n) is 9.25. The monoisotopic (exact) mass is 405 g/mol. The Morgan fingerprint density at radius 3 is 2.66 bits per heavy atom. The minimum atomic E-state index is 0.488. The molecule has 3 rings (SSSR count). The lowest BCUT2D eigenvalue weighted by Gasteiger charge is -2.13. The number of aryl methyl sites for hydroxylation is 2. The number of fused-ring (bicyclic) bond motifs is 1. The quantitative estimate of drug-likeness (QED) is 0.420. The van der Waals surface area contributed by atoms with E-state index in [0.717, 1.165) is 22.3 Å². The normalized spacial score (nSPS) is 10.3. The van der Waals surface area contributed by atoms with E-state index in [2.05, 4.69) is 53.0 Å². The largest absolute Gasteiger partial charge is 0.497 e. The molecule has 148 valence electrons. The highest BCUT2D eigenvalue weighted by molar-refractivity contribution is 7.80. The highest BCUT2D eigenvalue weighted by Crippen LogP contribution is 2.23. The molecule has 0 unspecified atom stereocenters. The van der Waals surface area contributed by atoms with Crippen LogP contribution in [0.2, 0.25) is 0 Å². The van der Waals surface area contributed by atoms with E-state index in [-0.39, 0.29) is 0 Å². The van der Waals surface area contributed by atoms with Crippen molar-refractivity contribution in [3.63, 3.8) is 0 Å². The van der Waals surface area contributed by atoms with Gasteiger partial charge in [0.1, 0.15) is 17.6 Å². The number of hydrogen-bond acceptors (Lipinski definition) is 5. The van der Waals surface area contributed by atoms with Crippen molar-refractivity contribution in [2.45, 2.75) is 13.8 Å². The van der Waals surface area contributed by atoms with Crippen LogP contribution in [0.25, 0.3) is 10.9 Å². The summed E-state index contributed by atoms with van der Waals surface area (Å²) >= 11 is 5.35. The van der Waals surface area contributed by atoms with Gasteiger partial charge in [0, 0.05) is 24.2 Å². The number of nitriles is 1. The van der Waals surface area contributed by atoms with Crippen LogP contribution in [-0.2, 0) is 0 Å². The van der Waals surface area contributed by atoms with E-state index in [1.165, 1.54) is 11.1 Å². The molecule has 2 aromatic carbocycles. The van der Waals surface area contributed by atoms with Crippen molar-refractivity contribution >= 4 is 39.7 Å². The summed E-state index contributed by atoms with van der Waals surface area (Å²) in [7, 11) is 1.61. The third kappa shape index (κ3) is 5.12. The first kappa shape index (κ1) is 20.4. The highest BCUT2D eigenvalue weighted by atomic mass is 32.1. The van der Waals surface area contributed by atoms with Crippen LogP contribution in [0.1, 0.15) is 16.7 Å². The molecule has 0 amide bonds. The van der Waals surface area contributed by atoms with E-state index < -0.39 is 0 Å². The van der Waals surface area contributed by atoms with E-state index in [9.17, 15) is 5.26 Å². The van der Waals surface area contributed by atoms with Crippen LogP contribution in [0.4, 0.5) is 11.5 Å². The Bertz CT molecular complexity index is 1090. The first-order chi connectivity index (χ1) is 14.0. The molecule has 0 bridgehead atoms. The molecule has 0 aliphatic rings. The summed E-state index contributed by atoms with van der Waals surface area (Å²) in [5.74, 6) is 1.29. The predicted molar refractivity (Wildman–Crippen MR) is 122 cm³/mol. The Morgan fingerprint density at radius 1 is 1.10 bits per heavy atom. The van der Waals surface area contributed by atoms with Crippen LogP contribution in [-0.4, -0.2) is 30.3 Å². The fourth-order valence-corrected chi connectivity index (χ4v) is 3.07. The fraction of sp³-hybridized carbons (Fsp3) is 0.227. The summed E-state index contributed by atoms with van der Waals surface area (Å²) in [6, 6.07) is 15.7. The maximum atomic E-state index is 9.45. The van der Waals surface area contributed by atoms with Gasteiger partial charge in [-0.25, -0.2) is 4.98 Å². The van der Waals surface area contributed by atoms with Crippen LogP contribution >= 0.6 is 12.2 Å². The summed E-state index contributed by atoms with van der Waals surface area (Å²) in [6.07, 6.45) is 0. The van der Waals surface area contributed by atoms with Gasteiger partial charge in [-0.05, 0) is 73.6 Å². The van der Waals surface area contributed by atoms with Crippen LogP contribution in [0.3, 0.4) is 0 Å². The molecule has 7 heteroatoms. The zero-order valence-electron chi connectivity index (χ0n) is 16.7. The molecule has 0 spiro atoms. The number of ether oxygens (including phenoxy) is 1. The average Bonchev–Trinajstić information content (AvgIpc) is 2.72. The zero-order valence-corrected chi connectivity index (χ0v) is 17.5. The second kappa shape index (κ2) is 9.22. The number of benzene rings is 2. The van der Waals surface area contributed by atoms with Crippen LogP contribution in [0.15, 0.2) is 42.5 Å². The third-order valence-electron chi connectivity index (χ3n) is 4.61. The molecule has 1 heterocycles. The number of rotatable bonds is 6. The number of anilines is 2. The van der Waals surface area contributed by atoms with Crippen molar-refractivity contribution in [1.29, 1.82) is 5.26 Å². The Hall–Kier alpha value is -3.37. The number of nitrogens with zero attached hydrogens (tertiary/aromatic N) is 2. The van der Waals surface area contributed by atoms with Gasteiger partial charge < -0.3 is 20.7 Å². The molecule has 0 atom stereocenters. The SMILES string of the molecule is COc1ccc2nc(NCCNC(=S)Nc3ccc(C)c(C)c3)c(C#N)cc2c1. The molecule has 1 aromatic heterocycles. The van der Waals surface area contributed by atoms with Gasteiger partial charge in [-0.3, -0.25) is 0 Å². The van der Waals surface area contributed by atoms with Gasteiger partial charge in [0.25, 0.3) is 0 Å². The molecule has 6 nitrogen and oxygen atoms in total. The second-order valence-corrected chi connectivity index (χ2v) is 7.07. The molecular weight excluding hydrogens is 382 g/mol. The predicted octanol–water partition coefficient (Wildman–Crippen LogP) is 4.13. The molecule has 3 aromatic rings. The van der Waals surface area contributed by atoms with E-state index in [0.29, 0.717) is 29.6 Å². The van der Waals surface area contributed by atoms with Crippen molar-refractivity contribution in [2.24, 2.45) is 0 Å². The minimum absolute atomic E-state index is 0.488. The van der Waals surface area contributed by atoms with Crippen LogP contribution in [0.5, 0.6) is 5.75 Å². The third-order valence-corrected chi connectivity index (χ3v) is 4.86. The number of methoxy groups -OCH3 is 1. The van der Waals surface area contributed by atoms with E-state index in [4.69, 9.17) is 17.0 Å². The summed E-state index contributed by atoms with van der Waals surface area (Å²) in [5.41, 5.74) is 4.70. The lowest BCUT2D eigenvalue weighted by Crippen LogP contribution is -2.32. The van der Waals surface area contributed by atoms with Gasteiger partial charge in [0.15, 0.2) is 5.11 Å². The van der Waals surface area contributed by atoms with Gasteiger partial charge in [-0.1, -0.05) is 6.07 Å². The number of pyridine rings is 1. The molecule has 29 heavy (non-hydrogen) atoms. The topological polar surface area (TPSA) is 82.0 Å². The standard InChI is InChI=1S/C22H23N5OS/c1-14-4-5-18(10-15(14)2)26-22(29)25-9-8-24-21-17(13-23)11-16-12-19(28-3)6-7-20(16)27-21/h4-7,10-12H,8-9H2,1-3H3,(H,24,27)(H2,25,26,29). The molecule has 0 fully saturated rings. The molecule has 0 radical (unpaired) electrons. The lowest BCUT2D eigenvalue weighted by atomic mass is 10.1. The number of aromatic nitrogens is 1. The number of thiocarbonyl (C=S) groups is 1. The Labute approximate surface area is 175 Å². The van der Waals surface area contributed by atoms with Crippen molar-refractivity contribution in [1.82, 2.24) is 10.3 Å². The summed E-state index contributed by atoms with van der Waals surface area (Å²) < 4.78 is 5.23. The lowest BCUT2D eigenvalue weighted by molar-refractivity contribution is 0.415. The molecular formula is C22H23N5OS. The second-order valence-electron chi connectivity index (χ2n) is 6.66. The van der Waals surface area contributed by atoms with Crippen LogP contribution in [0, 0.1) is 25.2 Å². The Kier molecular flexibility index (Phi) is 6.47. The van der Waals surface area contributed by atoms with E-state index in [1.54, 1.807) is 7.11 Å². The molecule has 0 saturated carbocycles. The molecule has 0 saturated heterocycles. The average molecular weight is 406 g/mol. The highest BCUT2D eigenvalue weighted by Gasteiger charge is 2.07. The maximum absolute atomic E-state index is 9.45. The minimum Gasteiger partial charge on any atom is -0.497 e. The van der Waals surface area contributed by atoms with Gasteiger partial charge in [0.05, 0.1) is 18.2 Å². The van der Waals surface area contributed by atoms with Gasteiger partial charge in [0.2, 0.25) is 0 Å². The van der Waals surface area contributed by atoms with Crippen molar-refractivity contribution in [3.05, 3.63) is 59.2 Å². The van der Waals surface area contributed by atoms with Gasteiger partial charge in [-0.15, -0.1) is 0 Å². The van der Waals surface area contributed by atoms with Gasteiger partial charge >= 0.3 is 0 Å².